The number of fused-ring (bicyclic) bond motifs is 2. The van der Waals surface area contributed by atoms with Gasteiger partial charge in [0.05, 0.1) is 0 Å². The number of benzene rings is 3. The van der Waals surface area contributed by atoms with Crippen LogP contribution in [0.2, 0.25) is 0 Å². The first-order chi connectivity index (χ1) is 12.2. The van der Waals surface area contributed by atoms with Crippen LogP contribution in [-0.2, 0) is 0 Å². The Balaban J connectivity index is 1.93. The summed E-state index contributed by atoms with van der Waals surface area (Å²) in [6, 6.07) is 23.7. The monoisotopic (exact) mass is 320 g/mol. The van der Waals surface area contributed by atoms with Crippen LogP contribution < -0.4 is 0 Å². The molecular formula is C22H12N2O. The fraction of sp³-hybridized carbons (Fsp3) is 0.0455. The smallest absolute Gasteiger partial charge is 0.167 e. The molecule has 3 aromatic carbocycles. The molecule has 3 heteroatoms. The van der Waals surface area contributed by atoms with E-state index in [0.717, 1.165) is 21.9 Å². The molecule has 0 atom stereocenters. The molecular weight excluding hydrogens is 308 g/mol. The number of nitriles is 2. The Labute approximate surface area is 145 Å². The van der Waals surface area contributed by atoms with E-state index in [4.69, 9.17) is 10.5 Å². The lowest BCUT2D eigenvalue weighted by molar-refractivity contribution is 0.100. The third kappa shape index (κ3) is 2.31. The van der Waals surface area contributed by atoms with Crippen molar-refractivity contribution < 1.29 is 4.79 Å². The number of rotatable bonds is 1. The summed E-state index contributed by atoms with van der Waals surface area (Å²) >= 11 is 0. The van der Waals surface area contributed by atoms with Crippen molar-refractivity contribution in [2.45, 2.75) is 6.42 Å². The van der Waals surface area contributed by atoms with Crippen molar-refractivity contribution >= 4 is 22.1 Å². The molecule has 0 N–H and O–H groups in total. The molecule has 116 valence electrons. The lowest BCUT2D eigenvalue weighted by atomic mass is 9.95. The lowest BCUT2D eigenvalue weighted by Gasteiger charge is -2.09. The second-order valence-corrected chi connectivity index (χ2v) is 5.96. The highest BCUT2D eigenvalue weighted by Crippen LogP contribution is 2.38. The average Bonchev–Trinajstić information content (AvgIpc) is 2.98. The van der Waals surface area contributed by atoms with E-state index in [1.165, 1.54) is 0 Å². The van der Waals surface area contributed by atoms with Gasteiger partial charge in [0.1, 0.15) is 17.7 Å². The first-order valence-corrected chi connectivity index (χ1v) is 7.92. The van der Waals surface area contributed by atoms with Gasteiger partial charge in [0.2, 0.25) is 0 Å². The first-order valence-electron chi connectivity index (χ1n) is 7.92. The van der Waals surface area contributed by atoms with E-state index >= 15 is 0 Å². The molecule has 0 saturated heterocycles. The van der Waals surface area contributed by atoms with E-state index in [-0.39, 0.29) is 17.8 Å². The number of nitrogens with zero attached hydrogens (tertiary/aromatic N) is 2. The Morgan fingerprint density at radius 3 is 2.40 bits per heavy atom. The van der Waals surface area contributed by atoms with Crippen molar-refractivity contribution in [3.8, 4) is 23.3 Å². The van der Waals surface area contributed by atoms with Crippen LogP contribution in [0.1, 0.15) is 22.3 Å². The van der Waals surface area contributed by atoms with E-state index in [0.29, 0.717) is 16.7 Å². The van der Waals surface area contributed by atoms with Gasteiger partial charge < -0.3 is 0 Å². The second kappa shape index (κ2) is 5.74. The SMILES string of the molecule is N#CC(C#N)=C1CC(=O)c2cc(-c3cccc4ccccc34)ccc21. The van der Waals surface area contributed by atoms with Crippen molar-refractivity contribution in [2.75, 3.05) is 0 Å². The molecule has 0 fully saturated rings. The van der Waals surface area contributed by atoms with Gasteiger partial charge in [0, 0.05) is 12.0 Å². The first kappa shape index (κ1) is 14.9. The summed E-state index contributed by atoms with van der Waals surface area (Å²) in [6.07, 6.45) is 0.116. The van der Waals surface area contributed by atoms with Gasteiger partial charge in [-0.2, -0.15) is 10.5 Å². The number of carbonyl (C=O) groups is 1. The molecule has 25 heavy (non-hydrogen) atoms. The Bertz CT molecular complexity index is 1140. The highest BCUT2D eigenvalue weighted by atomic mass is 16.1. The molecule has 4 rings (SSSR count). The summed E-state index contributed by atoms with van der Waals surface area (Å²) in [7, 11) is 0. The minimum Gasteiger partial charge on any atom is -0.294 e. The van der Waals surface area contributed by atoms with Gasteiger partial charge in [-0.15, -0.1) is 0 Å². The van der Waals surface area contributed by atoms with Crippen LogP contribution in [0.25, 0.3) is 27.5 Å². The van der Waals surface area contributed by atoms with Crippen molar-refractivity contribution in [2.24, 2.45) is 0 Å². The number of hydrogen-bond donors (Lipinski definition) is 0. The number of hydrogen-bond acceptors (Lipinski definition) is 3. The van der Waals surface area contributed by atoms with Crippen LogP contribution in [-0.4, -0.2) is 5.78 Å². The molecule has 0 amide bonds. The topological polar surface area (TPSA) is 64.7 Å². The second-order valence-electron chi connectivity index (χ2n) is 5.96. The Hall–Kier alpha value is -3.69. The molecule has 0 saturated carbocycles. The summed E-state index contributed by atoms with van der Waals surface area (Å²) in [5, 5.41) is 20.5. The Morgan fingerprint density at radius 2 is 1.60 bits per heavy atom. The summed E-state index contributed by atoms with van der Waals surface area (Å²) < 4.78 is 0. The van der Waals surface area contributed by atoms with Gasteiger partial charge >= 0.3 is 0 Å². The van der Waals surface area contributed by atoms with Crippen LogP contribution in [0.15, 0.2) is 66.2 Å². The van der Waals surface area contributed by atoms with Gasteiger partial charge in [-0.25, -0.2) is 0 Å². The molecule has 0 unspecified atom stereocenters. The quantitative estimate of drug-likeness (QED) is 0.599. The molecule has 3 aromatic rings. The van der Waals surface area contributed by atoms with Gasteiger partial charge in [-0.1, -0.05) is 54.6 Å². The van der Waals surface area contributed by atoms with Crippen LogP contribution in [0, 0.1) is 22.7 Å². The Kier molecular flexibility index (Phi) is 3.42. The minimum absolute atomic E-state index is 0.0185. The van der Waals surface area contributed by atoms with Crippen LogP contribution >= 0.6 is 0 Å². The molecule has 1 aliphatic carbocycles. The minimum atomic E-state index is -0.0462. The summed E-state index contributed by atoms with van der Waals surface area (Å²) in [6.45, 7) is 0. The Morgan fingerprint density at radius 1 is 0.840 bits per heavy atom. The van der Waals surface area contributed by atoms with Gasteiger partial charge in [0.25, 0.3) is 0 Å². The number of ketones is 1. The van der Waals surface area contributed by atoms with Crippen LogP contribution in [0.4, 0.5) is 0 Å². The van der Waals surface area contributed by atoms with Crippen molar-refractivity contribution in [3.05, 3.63) is 77.4 Å². The maximum atomic E-state index is 12.4. The zero-order chi connectivity index (χ0) is 17.4. The third-order valence-electron chi connectivity index (χ3n) is 4.61. The molecule has 0 aromatic heterocycles. The highest BCUT2D eigenvalue weighted by Gasteiger charge is 2.27. The van der Waals surface area contributed by atoms with Gasteiger partial charge in [0.15, 0.2) is 5.78 Å². The van der Waals surface area contributed by atoms with E-state index in [1.54, 1.807) is 0 Å². The standard InChI is InChI=1S/C22H12N2O/c23-12-16(13-24)20-11-22(25)21-10-15(8-9-19(20)21)18-7-3-5-14-4-1-2-6-17(14)18/h1-10H,11H2. The number of Topliss-reactive ketones (excluding diaryl/α,β-unsaturated/α-hetero) is 1. The van der Waals surface area contributed by atoms with E-state index in [1.807, 2.05) is 54.6 Å². The third-order valence-corrected chi connectivity index (χ3v) is 4.61. The van der Waals surface area contributed by atoms with E-state index < -0.39 is 0 Å². The molecule has 0 radical (unpaired) electrons. The summed E-state index contributed by atoms with van der Waals surface area (Å²) in [5.41, 5.74) is 3.86. The number of allylic oxidation sites excluding steroid dienone is 2. The molecule has 1 aliphatic rings. The predicted molar refractivity (Wildman–Crippen MR) is 96.5 cm³/mol. The average molecular weight is 320 g/mol. The fourth-order valence-electron chi connectivity index (χ4n) is 3.42. The maximum Gasteiger partial charge on any atom is 0.167 e. The number of carbonyl (C=O) groups excluding carboxylic acids is 1. The highest BCUT2D eigenvalue weighted by molar-refractivity contribution is 6.14. The zero-order valence-electron chi connectivity index (χ0n) is 13.3. The normalized spacial score (nSPS) is 12.6. The zero-order valence-corrected chi connectivity index (χ0v) is 13.3. The van der Waals surface area contributed by atoms with E-state index in [2.05, 4.69) is 18.2 Å². The molecule has 0 aliphatic heterocycles. The lowest BCUT2D eigenvalue weighted by Crippen LogP contribution is -1.92. The van der Waals surface area contributed by atoms with Crippen molar-refractivity contribution in [1.29, 1.82) is 10.5 Å². The van der Waals surface area contributed by atoms with Gasteiger partial charge in [-0.05, 0) is 39.1 Å². The van der Waals surface area contributed by atoms with E-state index in [9.17, 15) is 4.79 Å². The fourth-order valence-corrected chi connectivity index (χ4v) is 3.42. The van der Waals surface area contributed by atoms with Crippen LogP contribution in [0.3, 0.4) is 0 Å². The van der Waals surface area contributed by atoms with Crippen molar-refractivity contribution in [3.63, 3.8) is 0 Å². The molecule has 0 spiro atoms. The summed E-state index contributed by atoms with van der Waals surface area (Å²) in [4.78, 5) is 12.4. The largest absolute Gasteiger partial charge is 0.294 e. The molecule has 3 nitrogen and oxygen atoms in total. The summed E-state index contributed by atoms with van der Waals surface area (Å²) in [5.74, 6) is -0.0462. The predicted octanol–water partition coefficient (Wildman–Crippen LogP) is 4.89. The molecule has 0 heterocycles. The maximum absolute atomic E-state index is 12.4. The van der Waals surface area contributed by atoms with Gasteiger partial charge in [-0.3, -0.25) is 4.79 Å². The van der Waals surface area contributed by atoms with Crippen LogP contribution in [0.5, 0.6) is 0 Å². The molecule has 0 bridgehead atoms. The van der Waals surface area contributed by atoms with Crippen molar-refractivity contribution in [1.82, 2.24) is 0 Å².